The Morgan fingerprint density at radius 1 is 0.974 bits per heavy atom. The summed E-state index contributed by atoms with van der Waals surface area (Å²) < 4.78 is 6.80. The maximum atomic E-state index is 13.5. The minimum atomic E-state index is -0.936. The van der Waals surface area contributed by atoms with Crippen LogP contribution in [0.1, 0.15) is 22.7 Å². The predicted molar refractivity (Wildman–Crippen MR) is 151 cm³/mol. The monoisotopic (exact) mass is 553 g/mol. The normalized spacial score (nSPS) is 16.6. The van der Waals surface area contributed by atoms with Crippen LogP contribution in [0.4, 0.5) is 5.13 Å². The van der Waals surface area contributed by atoms with Gasteiger partial charge in [0.1, 0.15) is 18.1 Å². The minimum absolute atomic E-state index is 0.0382. The zero-order valence-corrected chi connectivity index (χ0v) is 21.9. The lowest BCUT2D eigenvalue weighted by molar-refractivity contribution is -0.132. The third-order valence-corrected chi connectivity index (χ3v) is 7.62. The molecule has 192 valence electrons. The van der Waals surface area contributed by atoms with E-state index in [-0.39, 0.29) is 11.3 Å². The molecule has 0 spiro atoms. The molecule has 1 amide bonds. The highest BCUT2D eigenvalue weighted by Crippen LogP contribution is 2.45. The molecule has 5 aromatic rings. The smallest absolute Gasteiger partial charge is 0.301 e. The van der Waals surface area contributed by atoms with Gasteiger partial charge in [-0.2, -0.15) is 0 Å². The predicted octanol–water partition coefficient (Wildman–Crippen LogP) is 6.55. The molecule has 1 saturated heterocycles. The van der Waals surface area contributed by atoms with E-state index in [0.717, 1.165) is 10.3 Å². The molecule has 1 unspecified atom stereocenters. The number of thiazole rings is 1. The van der Waals surface area contributed by atoms with E-state index in [9.17, 15) is 14.7 Å². The topological polar surface area (TPSA) is 92.6 Å². The standard InChI is InChI=1S/C30H20ClN3O4S/c31-21-9-10-23-24(16-21)39-30(33-23)34-26(25(28(36)29(34)37)27(35)19-11-13-32-14-12-19)20-7-4-8-22(15-20)38-17-18-5-2-1-3-6-18/h1-16,26,35H,17H2/b27-25+. The molecular formula is C30H20ClN3O4S. The van der Waals surface area contributed by atoms with Crippen LogP contribution >= 0.6 is 22.9 Å². The number of nitrogens with zero attached hydrogens (tertiary/aromatic N) is 3. The number of fused-ring (bicyclic) bond motifs is 1. The Labute approximate surface area is 232 Å². The van der Waals surface area contributed by atoms with E-state index < -0.39 is 17.7 Å². The maximum Gasteiger partial charge on any atom is 0.301 e. The minimum Gasteiger partial charge on any atom is -0.507 e. The molecule has 1 aliphatic heterocycles. The Hall–Kier alpha value is -4.53. The van der Waals surface area contributed by atoms with Crippen LogP contribution in [0, 0.1) is 0 Å². The van der Waals surface area contributed by atoms with Crippen molar-refractivity contribution >= 4 is 55.7 Å². The lowest BCUT2D eigenvalue weighted by atomic mass is 9.95. The molecule has 1 aliphatic rings. The number of aliphatic hydroxyl groups is 1. The van der Waals surface area contributed by atoms with Crippen molar-refractivity contribution in [1.29, 1.82) is 0 Å². The molecule has 39 heavy (non-hydrogen) atoms. The molecule has 1 atom stereocenters. The van der Waals surface area contributed by atoms with Crippen LogP contribution in [-0.4, -0.2) is 26.8 Å². The number of anilines is 1. The van der Waals surface area contributed by atoms with Gasteiger partial charge in [-0.05, 0) is 53.6 Å². The highest BCUT2D eigenvalue weighted by molar-refractivity contribution is 7.22. The molecule has 3 aromatic carbocycles. The number of ketones is 1. The van der Waals surface area contributed by atoms with Gasteiger partial charge in [0.05, 0.1) is 21.8 Å². The molecule has 7 nitrogen and oxygen atoms in total. The molecular weight excluding hydrogens is 534 g/mol. The molecule has 0 bridgehead atoms. The first kappa shape index (κ1) is 24.8. The van der Waals surface area contributed by atoms with E-state index in [1.807, 2.05) is 30.3 Å². The van der Waals surface area contributed by atoms with Crippen molar-refractivity contribution in [3.05, 3.63) is 125 Å². The quantitative estimate of drug-likeness (QED) is 0.146. The van der Waals surface area contributed by atoms with E-state index in [4.69, 9.17) is 16.3 Å². The zero-order chi connectivity index (χ0) is 26.9. The van der Waals surface area contributed by atoms with Crippen LogP contribution in [-0.2, 0) is 16.2 Å². The molecule has 1 N–H and O–H groups in total. The number of Topliss-reactive ketones (excluding diaryl/α,β-unsaturated/α-hetero) is 1. The van der Waals surface area contributed by atoms with Gasteiger partial charge in [-0.3, -0.25) is 19.5 Å². The summed E-state index contributed by atoms with van der Waals surface area (Å²) in [6.07, 6.45) is 3.02. The summed E-state index contributed by atoms with van der Waals surface area (Å²) in [6, 6.07) is 24.4. The first-order valence-corrected chi connectivity index (χ1v) is 13.2. The average Bonchev–Trinajstić information content (AvgIpc) is 3.50. The maximum absolute atomic E-state index is 13.5. The van der Waals surface area contributed by atoms with E-state index in [1.165, 1.54) is 28.6 Å². The SMILES string of the molecule is O=C1C(=O)N(c2nc3ccc(Cl)cc3s2)C(c2cccc(OCc3ccccc3)c2)/C1=C(\O)c1ccncc1. The molecule has 6 rings (SSSR count). The van der Waals surface area contributed by atoms with E-state index in [2.05, 4.69) is 9.97 Å². The molecule has 0 radical (unpaired) electrons. The fourth-order valence-electron chi connectivity index (χ4n) is 4.52. The fraction of sp³-hybridized carbons (Fsp3) is 0.0667. The molecule has 0 saturated carbocycles. The summed E-state index contributed by atoms with van der Waals surface area (Å²) in [4.78, 5) is 36.9. The van der Waals surface area contributed by atoms with Gasteiger partial charge in [0.2, 0.25) is 0 Å². The number of amides is 1. The van der Waals surface area contributed by atoms with Crippen molar-refractivity contribution in [2.75, 3.05) is 4.90 Å². The third-order valence-electron chi connectivity index (χ3n) is 6.37. The van der Waals surface area contributed by atoms with Crippen molar-refractivity contribution in [2.24, 2.45) is 0 Å². The van der Waals surface area contributed by atoms with Gasteiger partial charge in [0.15, 0.2) is 5.13 Å². The van der Waals surface area contributed by atoms with Gasteiger partial charge in [-0.25, -0.2) is 4.98 Å². The summed E-state index contributed by atoms with van der Waals surface area (Å²) >= 11 is 7.42. The molecule has 2 aromatic heterocycles. The number of aromatic nitrogens is 2. The number of hydrogen-bond donors (Lipinski definition) is 1. The Morgan fingerprint density at radius 2 is 1.77 bits per heavy atom. The van der Waals surface area contributed by atoms with Crippen LogP contribution in [0.25, 0.3) is 16.0 Å². The van der Waals surface area contributed by atoms with Crippen molar-refractivity contribution in [1.82, 2.24) is 9.97 Å². The summed E-state index contributed by atoms with van der Waals surface area (Å²) in [7, 11) is 0. The zero-order valence-electron chi connectivity index (χ0n) is 20.3. The fourth-order valence-corrected chi connectivity index (χ4v) is 5.78. The Morgan fingerprint density at radius 3 is 2.56 bits per heavy atom. The van der Waals surface area contributed by atoms with E-state index >= 15 is 0 Å². The van der Waals surface area contributed by atoms with Gasteiger partial charge in [0, 0.05) is 23.0 Å². The number of carbonyl (C=O) groups is 2. The van der Waals surface area contributed by atoms with E-state index in [1.54, 1.807) is 54.6 Å². The van der Waals surface area contributed by atoms with Crippen molar-refractivity contribution < 1.29 is 19.4 Å². The second-order valence-corrected chi connectivity index (χ2v) is 10.3. The van der Waals surface area contributed by atoms with Gasteiger partial charge in [0.25, 0.3) is 5.78 Å². The highest BCUT2D eigenvalue weighted by Gasteiger charge is 2.48. The number of carbonyl (C=O) groups excluding carboxylic acids is 2. The van der Waals surface area contributed by atoms with Gasteiger partial charge in [-0.15, -0.1) is 0 Å². The lowest BCUT2D eigenvalue weighted by Gasteiger charge is -2.23. The largest absolute Gasteiger partial charge is 0.507 e. The first-order chi connectivity index (χ1) is 19.0. The molecule has 9 heteroatoms. The van der Waals surface area contributed by atoms with Crippen molar-refractivity contribution in [2.45, 2.75) is 12.6 Å². The van der Waals surface area contributed by atoms with Crippen molar-refractivity contribution in [3.8, 4) is 5.75 Å². The lowest BCUT2D eigenvalue weighted by Crippen LogP contribution is -2.29. The number of benzene rings is 3. The van der Waals surface area contributed by atoms with Crippen LogP contribution in [0.2, 0.25) is 5.02 Å². The molecule has 0 aliphatic carbocycles. The van der Waals surface area contributed by atoms with Crippen LogP contribution in [0.3, 0.4) is 0 Å². The van der Waals surface area contributed by atoms with Crippen molar-refractivity contribution in [3.63, 3.8) is 0 Å². The summed E-state index contributed by atoms with van der Waals surface area (Å²) in [5.74, 6) is -1.32. The molecule has 1 fully saturated rings. The van der Waals surface area contributed by atoms with Crippen LogP contribution in [0.15, 0.2) is 103 Å². The number of aliphatic hydroxyl groups excluding tert-OH is 1. The molecule has 3 heterocycles. The number of ether oxygens (including phenoxy) is 1. The van der Waals surface area contributed by atoms with Gasteiger partial charge < -0.3 is 9.84 Å². The Bertz CT molecular complexity index is 1740. The first-order valence-electron chi connectivity index (χ1n) is 12.0. The van der Waals surface area contributed by atoms with Crippen LogP contribution < -0.4 is 9.64 Å². The Kier molecular flexibility index (Phi) is 6.56. The van der Waals surface area contributed by atoms with Gasteiger partial charge in [-0.1, -0.05) is 65.4 Å². The van der Waals surface area contributed by atoms with E-state index in [0.29, 0.717) is 39.2 Å². The highest BCUT2D eigenvalue weighted by atomic mass is 35.5. The van der Waals surface area contributed by atoms with Gasteiger partial charge >= 0.3 is 5.91 Å². The number of rotatable bonds is 6. The third kappa shape index (κ3) is 4.76. The summed E-state index contributed by atoms with van der Waals surface area (Å²) in [5, 5.41) is 12.2. The second-order valence-electron chi connectivity index (χ2n) is 8.86. The second kappa shape index (κ2) is 10.3. The number of halogens is 1. The summed E-state index contributed by atoms with van der Waals surface area (Å²) in [5.41, 5.74) is 2.57. The summed E-state index contributed by atoms with van der Waals surface area (Å²) in [6.45, 7) is 0.347. The number of pyridine rings is 1. The average molecular weight is 554 g/mol. The Balaban J connectivity index is 1.47. The van der Waals surface area contributed by atoms with Crippen LogP contribution in [0.5, 0.6) is 5.75 Å². The number of hydrogen-bond acceptors (Lipinski definition) is 7.